The number of unbranched alkanes of at least 4 members (excludes halogenated alkanes) is 1. The van der Waals surface area contributed by atoms with Gasteiger partial charge in [0, 0.05) is 18.4 Å². The number of hydrogen-bond donors (Lipinski definition) is 1. The predicted molar refractivity (Wildman–Crippen MR) is 174 cm³/mol. The summed E-state index contributed by atoms with van der Waals surface area (Å²) in [5, 5.41) is 11.4. The number of carbonyl (C=O) groups is 2. The van der Waals surface area contributed by atoms with E-state index in [-0.39, 0.29) is 31.1 Å². The van der Waals surface area contributed by atoms with Crippen molar-refractivity contribution in [2.24, 2.45) is 23.7 Å². The third kappa shape index (κ3) is 11.0. The molecule has 8 heteroatoms. The Morgan fingerprint density at radius 3 is 2.17 bits per heavy atom. The fourth-order valence-electron chi connectivity index (χ4n) is 7.44. The Hall–Kier alpha value is -3.13. The summed E-state index contributed by atoms with van der Waals surface area (Å²) in [6.07, 6.45) is 8.56. The van der Waals surface area contributed by atoms with Gasteiger partial charge in [-0.1, -0.05) is 75.2 Å². The lowest BCUT2D eigenvalue weighted by atomic mass is 9.68. The third-order valence-corrected chi connectivity index (χ3v) is 10.1. The molecular formula is C38H49F3O5. The fraction of sp³-hybridized carbons (Fsp3) is 0.579. The van der Waals surface area contributed by atoms with E-state index in [4.69, 9.17) is 14.6 Å². The summed E-state index contributed by atoms with van der Waals surface area (Å²) in [5.74, 6) is 1.21. The van der Waals surface area contributed by atoms with Crippen LogP contribution in [0.2, 0.25) is 0 Å². The average Bonchev–Trinajstić information content (AvgIpc) is 3.06. The van der Waals surface area contributed by atoms with Crippen LogP contribution in [0.5, 0.6) is 0 Å². The molecule has 1 N–H and O–H groups in total. The summed E-state index contributed by atoms with van der Waals surface area (Å²) in [7, 11) is 0. The normalized spacial score (nSPS) is 22.6. The van der Waals surface area contributed by atoms with Crippen LogP contribution < -0.4 is 0 Å². The number of ether oxygens (including phenoxy) is 2. The molecule has 0 radical (unpaired) electrons. The van der Waals surface area contributed by atoms with Crippen molar-refractivity contribution in [1.29, 1.82) is 0 Å². The number of alkyl halides is 3. The SMILES string of the molecule is C=CC(=O)OCC(COC(=O)C(=C)CO)Cc1ccc2cc(C3CCC(C4CCC(CCCCC(F)(F)F)CC4)CC3)ccc2c1. The second-order valence-electron chi connectivity index (χ2n) is 13.5. The molecule has 252 valence electrons. The number of fused-ring (bicyclic) bond motifs is 1. The Balaban J connectivity index is 1.27. The van der Waals surface area contributed by atoms with Crippen LogP contribution in [0.1, 0.15) is 94.1 Å². The van der Waals surface area contributed by atoms with Crippen molar-refractivity contribution in [1.82, 2.24) is 0 Å². The first kappa shape index (κ1) is 35.7. The lowest BCUT2D eigenvalue weighted by Crippen LogP contribution is -2.25. The van der Waals surface area contributed by atoms with Crippen LogP contribution >= 0.6 is 0 Å². The molecule has 2 fully saturated rings. The minimum absolute atomic E-state index is 0.0225. The van der Waals surface area contributed by atoms with E-state index in [0.29, 0.717) is 24.7 Å². The molecule has 46 heavy (non-hydrogen) atoms. The highest BCUT2D eigenvalue weighted by molar-refractivity contribution is 5.88. The van der Waals surface area contributed by atoms with Crippen molar-refractivity contribution in [3.05, 3.63) is 72.3 Å². The zero-order valence-electron chi connectivity index (χ0n) is 26.9. The maximum Gasteiger partial charge on any atom is 0.389 e. The van der Waals surface area contributed by atoms with E-state index < -0.39 is 31.1 Å². The predicted octanol–water partition coefficient (Wildman–Crippen LogP) is 9.02. The van der Waals surface area contributed by atoms with Crippen LogP contribution in [0.15, 0.2) is 61.2 Å². The Morgan fingerprint density at radius 2 is 1.52 bits per heavy atom. The van der Waals surface area contributed by atoms with Gasteiger partial charge < -0.3 is 14.6 Å². The lowest BCUT2D eigenvalue weighted by Gasteiger charge is -2.38. The lowest BCUT2D eigenvalue weighted by molar-refractivity contribution is -0.144. The summed E-state index contributed by atoms with van der Waals surface area (Å²) in [6.45, 7) is 6.52. The topological polar surface area (TPSA) is 72.8 Å². The van der Waals surface area contributed by atoms with E-state index in [1.807, 2.05) is 0 Å². The first-order valence-electron chi connectivity index (χ1n) is 16.9. The second kappa shape index (κ2) is 17.1. The maximum atomic E-state index is 12.4. The second-order valence-corrected chi connectivity index (χ2v) is 13.5. The van der Waals surface area contributed by atoms with E-state index in [1.165, 1.54) is 62.3 Å². The minimum Gasteiger partial charge on any atom is -0.462 e. The molecule has 0 amide bonds. The van der Waals surface area contributed by atoms with Gasteiger partial charge in [-0.2, -0.15) is 13.2 Å². The van der Waals surface area contributed by atoms with Crippen LogP contribution in [-0.2, 0) is 25.5 Å². The van der Waals surface area contributed by atoms with Gasteiger partial charge in [0.15, 0.2) is 0 Å². The van der Waals surface area contributed by atoms with E-state index in [1.54, 1.807) is 0 Å². The molecule has 0 aliphatic heterocycles. The van der Waals surface area contributed by atoms with Gasteiger partial charge in [0.05, 0.1) is 25.4 Å². The van der Waals surface area contributed by atoms with Gasteiger partial charge in [-0.3, -0.25) is 0 Å². The Bertz CT molecular complexity index is 1320. The molecule has 0 bridgehead atoms. The zero-order chi connectivity index (χ0) is 33.1. The highest BCUT2D eigenvalue weighted by atomic mass is 19.4. The fourth-order valence-corrected chi connectivity index (χ4v) is 7.44. The van der Waals surface area contributed by atoms with E-state index in [2.05, 4.69) is 49.6 Å². The summed E-state index contributed by atoms with van der Waals surface area (Å²) in [4.78, 5) is 23.7. The van der Waals surface area contributed by atoms with Crippen molar-refractivity contribution in [2.45, 2.75) is 95.6 Å². The number of hydrogen-bond acceptors (Lipinski definition) is 5. The Kier molecular flexibility index (Phi) is 13.3. The number of rotatable bonds is 15. The standard InChI is InChI=1S/C38H49F3O5/c1-3-36(43)45-24-29(25-46-37(44)26(2)23-42)20-28-9-12-35-22-34(18-17-33(35)21-28)32-15-13-31(14-16-32)30-10-7-27(8-11-30)6-4-5-19-38(39,40)41/h3,9,12,17-18,21-22,27,29-32,42H,1-2,4-8,10-11,13-16,19-20,23-25H2. The molecule has 4 rings (SSSR count). The van der Waals surface area contributed by atoms with Crippen LogP contribution in [0.4, 0.5) is 13.2 Å². The van der Waals surface area contributed by atoms with Gasteiger partial charge in [0.1, 0.15) is 0 Å². The summed E-state index contributed by atoms with van der Waals surface area (Å²) in [6, 6.07) is 13.0. The van der Waals surface area contributed by atoms with Crippen molar-refractivity contribution >= 4 is 22.7 Å². The number of halogens is 3. The van der Waals surface area contributed by atoms with E-state index >= 15 is 0 Å². The van der Waals surface area contributed by atoms with E-state index in [9.17, 15) is 22.8 Å². The molecule has 0 heterocycles. The number of aliphatic hydroxyl groups excluding tert-OH is 1. The number of benzene rings is 2. The smallest absolute Gasteiger partial charge is 0.389 e. The highest BCUT2D eigenvalue weighted by Crippen LogP contribution is 2.45. The molecule has 2 aromatic carbocycles. The molecule has 5 nitrogen and oxygen atoms in total. The average molecular weight is 643 g/mol. The zero-order valence-corrected chi connectivity index (χ0v) is 26.9. The molecular weight excluding hydrogens is 593 g/mol. The first-order valence-corrected chi connectivity index (χ1v) is 16.9. The molecule has 2 aromatic rings. The van der Waals surface area contributed by atoms with Gasteiger partial charge in [-0.25, -0.2) is 9.59 Å². The molecule has 0 aromatic heterocycles. The number of aliphatic hydroxyl groups is 1. The highest BCUT2D eigenvalue weighted by Gasteiger charge is 2.32. The molecule has 2 aliphatic rings. The monoisotopic (exact) mass is 642 g/mol. The summed E-state index contributed by atoms with van der Waals surface area (Å²) < 4.78 is 47.8. The molecule has 0 spiro atoms. The van der Waals surface area contributed by atoms with Crippen molar-refractivity contribution in [3.63, 3.8) is 0 Å². The first-order chi connectivity index (χ1) is 22.0. The Morgan fingerprint density at radius 1 is 0.891 bits per heavy atom. The van der Waals surface area contributed by atoms with Gasteiger partial charge >= 0.3 is 18.1 Å². The van der Waals surface area contributed by atoms with E-state index in [0.717, 1.165) is 35.3 Å². The quantitative estimate of drug-likeness (QED) is 0.119. The Labute approximate surface area is 271 Å². The van der Waals surface area contributed by atoms with Gasteiger partial charge in [0.2, 0.25) is 0 Å². The van der Waals surface area contributed by atoms with Crippen LogP contribution in [0.25, 0.3) is 10.8 Å². The van der Waals surface area contributed by atoms with Crippen molar-refractivity contribution in [2.75, 3.05) is 19.8 Å². The largest absolute Gasteiger partial charge is 0.462 e. The summed E-state index contributed by atoms with van der Waals surface area (Å²) in [5.41, 5.74) is 2.39. The molecule has 2 aliphatic carbocycles. The van der Waals surface area contributed by atoms with Crippen LogP contribution in [0, 0.1) is 23.7 Å². The number of esters is 2. The van der Waals surface area contributed by atoms with Crippen molar-refractivity contribution in [3.8, 4) is 0 Å². The molecule has 0 saturated heterocycles. The molecule has 1 unspecified atom stereocenters. The van der Waals surface area contributed by atoms with Crippen molar-refractivity contribution < 1.29 is 37.3 Å². The third-order valence-electron chi connectivity index (χ3n) is 10.1. The van der Waals surface area contributed by atoms with Gasteiger partial charge in [-0.15, -0.1) is 0 Å². The van der Waals surface area contributed by atoms with Crippen LogP contribution in [0.3, 0.4) is 0 Å². The van der Waals surface area contributed by atoms with Gasteiger partial charge in [-0.05, 0) is 96.9 Å². The minimum atomic E-state index is -4.03. The molecule has 1 atom stereocenters. The van der Waals surface area contributed by atoms with Gasteiger partial charge in [0.25, 0.3) is 0 Å². The molecule has 2 saturated carbocycles. The summed E-state index contributed by atoms with van der Waals surface area (Å²) >= 11 is 0. The maximum absolute atomic E-state index is 12.4. The number of carbonyl (C=O) groups excluding carboxylic acids is 2. The van der Waals surface area contributed by atoms with Crippen LogP contribution in [-0.4, -0.2) is 43.0 Å².